The van der Waals surface area contributed by atoms with Crippen molar-refractivity contribution in [2.75, 3.05) is 0 Å². The van der Waals surface area contributed by atoms with E-state index >= 15 is 0 Å². The van der Waals surface area contributed by atoms with Gasteiger partial charge < -0.3 is 15.5 Å². The topological polar surface area (TPSA) is 86.6 Å². The lowest BCUT2D eigenvalue weighted by atomic mass is 10.1. The molecule has 19 heavy (non-hydrogen) atoms. The van der Waals surface area contributed by atoms with Crippen LogP contribution >= 0.6 is 0 Å². The molecule has 0 saturated heterocycles. The van der Waals surface area contributed by atoms with Gasteiger partial charge in [-0.3, -0.25) is 4.79 Å². The fraction of sp³-hybridized carbons (Fsp3) is 0.857. The first-order valence-corrected chi connectivity index (χ1v) is 7.19. The number of amides is 1. The van der Waals surface area contributed by atoms with Gasteiger partial charge in [0, 0.05) is 6.42 Å². The molecule has 0 radical (unpaired) electrons. The first-order valence-electron chi connectivity index (χ1n) is 7.19. The van der Waals surface area contributed by atoms with Crippen molar-refractivity contribution < 1.29 is 19.8 Å². The van der Waals surface area contributed by atoms with Gasteiger partial charge in [0.2, 0.25) is 5.91 Å². The van der Waals surface area contributed by atoms with Crippen LogP contribution in [0.5, 0.6) is 0 Å². The van der Waals surface area contributed by atoms with Crippen LogP contribution in [0, 0.1) is 0 Å². The molecule has 1 amide bonds. The Morgan fingerprint density at radius 2 is 1.58 bits per heavy atom. The predicted molar refractivity (Wildman–Crippen MR) is 73.9 cm³/mol. The first-order chi connectivity index (χ1) is 8.99. The molecule has 0 aromatic rings. The summed E-state index contributed by atoms with van der Waals surface area (Å²) in [6.45, 7) is 3.53. The zero-order valence-electron chi connectivity index (χ0n) is 12.0. The van der Waals surface area contributed by atoms with Crippen molar-refractivity contribution in [3.05, 3.63) is 0 Å². The number of carboxylic acids is 1. The molecule has 0 aromatic carbocycles. The molecule has 1 unspecified atom stereocenters. The Balaban J connectivity index is 3.66. The van der Waals surface area contributed by atoms with Crippen LogP contribution in [0.1, 0.15) is 65.2 Å². The number of carbonyl (C=O) groups excluding carboxylic acids is 1. The lowest BCUT2D eigenvalue weighted by Crippen LogP contribution is -2.47. The molecule has 5 nitrogen and oxygen atoms in total. The summed E-state index contributed by atoms with van der Waals surface area (Å²) in [6, 6.07) is -1.21. The van der Waals surface area contributed by atoms with Crippen LogP contribution in [-0.4, -0.2) is 34.2 Å². The van der Waals surface area contributed by atoms with Crippen molar-refractivity contribution in [3.8, 4) is 0 Å². The van der Waals surface area contributed by atoms with Gasteiger partial charge in [-0.1, -0.05) is 45.4 Å². The molecule has 2 atom stereocenters. The van der Waals surface area contributed by atoms with Crippen LogP contribution in [-0.2, 0) is 9.59 Å². The van der Waals surface area contributed by atoms with E-state index in [2.05, 4.69) is 12.2 Å². The fourth-order valence-electron chi connectivity index (χ4n) is 1.88. The second-order valence-electron chi connectivity index (χ2n) is 5.00. The predicted octanol–water partition coefficient (Wildman–Crippen LogP) is 2.08. The molecular weight excluding hydrogens is 246 g/mol. The monoisotopic (exact) mass is 273 g/mol. The summed E-state index contributed by atoms with van der Waals surface area (Å²) < 4.78 is 0. The molecule has 3 N–H and O–H groups in total. The van der Waals surface area contributed by atoms with E-state index in [-0.39, 0.29) is 5.91 Å². The SMILES string of the molecule is CCCCCCCCCC(=O)N[C@@H](C(=O)O)C(C)O. The average molecular weight is 273 g/mol. The van der Waals surface area contributed by atoms with Crippen molar-refractivity contribution in [1.29, 1.82) is 0 Å². The zero-order chi connectivity index (χ0) is 14.7. The van der Waals surface area contributed by atoms with E-state index in [0.717, 1.165) is 19.3 Å². The highest BCUT2D eigenvalue weighted by Crippen LogP contribution is 2.08. The number of aliphatic carboxylic acids is 1. The van der Waals surface area contributed by atoms with Gasteiger partial charge in [0.05, 0.1) is 6.10 Å². The van der Waals surface area contributed by atoms with Gasteiger partial charge in [-0.25, -0.2) is 4.79 Å². The molecule has 0 aliphatic rings. The van der Waals surface area contributed by atoms with Gasteiger partial charge in [-0.2, -0.15) is 0 Å². The summed E-state index contributed by atoms with van der Waals surface area (Å²) in [6.07, 6.45) is 7.03. The van der Waals surface area contributed by atoms with Gasteiger partial charge >= 0.3 is 5.97 Å². The van der Waals surface area contributed by atoms with Crippen molar-refractivity contribution in [2.24, 2.45) is 0 Å². The molecule has 0 fully saturated rings. The number of rotatable bonds is 11. The number of aliphatic hydroxyl groups is 1. The van der Waals surface area contributed by atoms with Crippen LogP contribution in [0.15, 0.2) is 0 Å². The van der Waals surface area contributed by atoms with Crippen LogP contribution < -0.4 is 5.32 Å². The van der Waals surface area contributed by atoms with Crippen molar-refractivity contribution in [2.45, 2.75) is 77.4 Å². The number of nitrogens with one attached hydrogen (secondary N) is 1. The number of unbranched alkanes of at least 4 members (excludes halogenated alkanes) is 6. The summed E-state index contributed by atoms with van der Waals surface area (Å²) in [5.74, 6) is -1.51. The molecular formula is C14H27NO4. The standard InChI is InChI=1S/C14H27NO4/c1-3-4-5-6-7-8-9-10-12(17)15-13(11(2)16)14(18)19/h11,13,16H,3-10H2,1-2H3,(H,15,17)(H,18,19)/t11?,13-/m1/s1. The molecule has 0 rings (SSSR count). The van der Waals surface area contributed by atoms with Crippen molar-refractivity contribution >= 4 is 11.9 Å². The average Bonchev–Trinajstić information content (AvgIpc) is 2.34. The van der Waals surface area contributed by atoms with E-state index < -0.39 is 18.1 Å². The minimum absolute atomic E-state index is 0.304. The van der Waals surface area contributed by atoms with E-state index in [1.165, 1.54) is 32.6 Å². The lowest BCUT2D eigenvalue weighted by molar-refractivity contribution is -0.144. The van der Waals surface area contributed by atoms with E-state index in [1.54, 1.807) is 0 Å². The maximum absolute atomic E-state index is 11.5. The Hall–Kier alpha value is -1.10. The van der Waals surface area contributed by atoms with Crippen LogP contribution in [0.2, 0.25) is 0 Å². The first kappa shape index (κ1) is 17.9. The third-order valence-corrected chi connectivity index (χ3v) is 3.07. The number of carbonyl (C=O) groups is 2. The molecule has 112 valence electrons. The Morgan fingerprint density at radius 3 is 2.05 bits per heavy atom. The third kappa shape index (κ3) is 9.47. The summed E-state index contributed by atoms with van der Waals surface area (Å²) in [5, 5.41) is 20.4. The minimum atomic E-state index is -1.21. The maximum Gasteiger partial charge on any atom is 0.328 e. The second kappa shape index (κ2) is 10.8. The Kier molecular flexibility index (Phi) is 10.2. The largest absolute Gasteiger partial charge is 0.480 e. The van der Waals surface area contributed by atoms with Crippen molar-refractivity contribution in [1.82, 2.24) is 5.32 Å². The second-order valence-corrected chi connectivity index (χ2v) is 5.00. The molecule has 0 aromatic heterocycles. The maximum atomic E-state index is 11.5. The number of aliphatic hydroxyl groups excluding tert-OH is 1. The van der Waals surface area contributed by atoms with E-state index in [9.17, 15) is 14.7 Å². The van der Waals surface area contributed by atoms with Gasteiger partial charge in [0.25, 0.3) is 0 Å². The summed E-state index contributed by atoms with van der Waals surface area (Å²) in [4.78, 5) is 22.3. The van der Waals surface area contributed by atoms with Gasteiger partial charge in [-0.15, -0.1) is 0 Å². The Labute approximate surface area is 115 Å². The minimum Gasteiger partial charge on any atom is -0.480 e. The van der Waals surface area contributed by atoms with E-state index in [0.29, 0.717) is 6.42 Å². The quantitative estimate of drug-likeness (QED) is 0.503. The van der Waals surface area contributed by atoms with Gasteiger partial charge in [0.1, 0.15) is 0 Å². The third-order valence-electron chi connectivity index (χ3n) is 3.07. The van der Waals surface area contributed by atoms with Crippen LogP contribution in [0.4, 0.5) is 0 Å². The number of carboxylic acid groups (broad SMARTS) is 1. The van der Waals surface area contributed by atoms with Crippen LogP contribution in [0.25, 0.3) is 0 Å². The molecule has 0 spiro atoms. The molecule has 0 bridgehead atoms. The smallest absolute Gasteiger partial charge is 0.328 e. The molecule has 0 aliphatic heterocycles. The molecule has 0 heterocycles. The normalized spacial score (nSPS) is 13.8. The highest BCUT2D eigenvalue weighted by Gasteiger charge is 2.24. The summed E-state index contributed by atoms with van der Waals surface area (Å²) in [5.41, 5.74) is 0. The summed E-state index contributed by atoms with van der Waals surface area (Å²) >= 11 is 0. The molecule has 5 heteroatoms. The van der Waals surface area contributed by atoms with Gasteiger partial charge in [-0.05, 0) is 13.3 Å². The van der Waals surface area contributed by atoms with Crippen molar-refractivity contribution in [3.63, 3.8) is 0 Å². The van der Waals surface area contributed by atoms with E-state index in [1.807, 2.05) is 0 Å². The van der Waals surface area contributed by atoms with Crippen LogP contribution in [0.3, 0.4) is 0 Å². The highest BCUT2D eigenvalue weighted by molar-refractivity contribution is 5.83. The van der Waals surface area contributed by atoms with E-state index in [4.69, 9.17) is 5.11 Å². The number of hydrogen-bond acceptors (Lipinski definition) is 3. The molecule has 0 aliphatic carbocycles. The summed E-state index contributed by atoms with van der Waals surface area (Å²) in [7, 11) is 0. The Morgan fingerprint density at radius 1 is 1.05 bits per heavy atom. The Bertz CT molecular complexity index is 266. The lowest BCUT2D eigenvalue weighted by Gasteiger charge is -2.16. The number of hydrogen-bond donors (Lipinski definition) is 3. The van der Waals surface area contributed by atoms with Gasteiger partial charge in [0.15, 0.2) is 6.04 Å². The fourth-order valence-corrected chi connectivity index (χ4v) is 1.88. The highest BCUT2D eigenvalue weighted by atomic mass is 16.4. The molecule has 0 saturated carbocycles. The zero-order valence-corrected chi connectivity index (χ0v) is 12.0.